The number of nitrogens with one attached hydrogen (secondary N) is 2. The molecule has 23 heavy (non-hydrogen) atoms. The van der Waals surface area contributed by atoms with Gasteiger partial charge in [-0.05, 0) is 12.8 Å². The predicted octanol–water partition coefficient (Wildman–Crippen LogP) is 2.25. The highest BCUT2D eigenvalue weighted by Crippen LogP contribution is 2.26. The minimum Gasteiger partial charge on any atom is -0.383 e. The van der Waals surface area contributed by atoms with E-state index in [-0.39, 0.29) is 11.1 Å². The standard InChI is InChI=1S/C17H19ClN2O3/c1-3-11(18)8-9-19-14-12-6-4-5-7-13(12)16(22)17(23)15(14)20-10(2)21/h4-7,11,19H,3,8-9H2,1-2H3,(H,20,21). The second-order valence-corrected chi connectivity index (χ2v) is 5.97. The molecule has 6 heteroatoms. The first kappa shape index (κ1) is 17.2. The number of carbonyl (C=O) groups is 3. The van der Waals surface area contributed by atoms with E-state index in [2.05, 4.69) is 10.6 Å². The van der Waals surface area contributed by atoms with Crippen molar-refractivity contribution in [3.8, 4) is 0 Å². The molecule has 122 valence electrons. The number of benzene rings is 1. The number of ketones is 2. The smallest absolute Gasteiger partial charge is 0.251 e. The molecule has 1 unspecified atom stereocenters. The molecule has 1 atom stereocenters. The van der Waals surface area contributed by atoms with E-state index < -0.39 is 17.5 Å². The Morgan fingerprint density at radius 1 is 1.13 bits per heavy atom. The highest BCUT2D eigenvalue weighted by molar-refractivity contribution is 6.52. The van der Waals surface area contributed by atoms with Gasteiger partial charge in [0.15, 0.2) is 0 Å². The van der Waals surface area contributed by atoms with Crippen LogP contribution in [0.4, 0.5) is 0 Å². The summed E-state index contributed by atoms with van der Waals surface area (Å²) in [5.74, 6) is -1.72. The van der Waals surface area contributed by atoms with E-state index >= 15 is 0 Å². The number of amides is 1. The van der Waals surface area contributed by atoms with Gasteiger partial charge >= 0.3 is 0 Å². The Bertz CT molecular complexity index is 682. The molecular weight excluding hydrogens is 316 g/mol. The van der Waals surface area contributed by atoms with E-state index in [1.807, 2.05) is 6.92 Å². The molecule has 1 aromatic carbocycles. The number of halogens is 1. The highest BCUT2D eigenvalue weighted by atomic mass is 35.5. The maximum absolute atomic E-state index is 12.3. The van der Waals surface area contributed by atoms with Crippen LogP contribution in [0.15, 0.2) is 30.0 Å². The molecular formula is C17H19ClN2O3. The van der Waals surface area contributed by atoms with Gasteiger partial charge in [0, 0.05) is 30.0 Å². The molecule has 1 aliphatic rings. The fourth-order valence-corrected chi connectivity index (χ4v) is 2.53. The third kappa shape index (κ3) is 3.79. The van der Waals surface area contributed by atoms with Gasteiger partial charge in [0.25, 0.3) is 5.78 Å². The van der Waals surface area contributed by atoms with E-state index in [9.17, 15) is 14.4 Å². The van der Waals surface area contributed by atoms with Crippen LogP contribution in [0.25, 0.3) is 5.70 Å². The maximum atomic E-state index is 12.3. The number of carbonyl (C=O) groups excluding carboxylic acids is 3. The number of alkyl halides is 1. The van der Waals surface area contributed by atoms with Crippen molar-refractivity contribution in [2.75, 3.05) is 6.54 Å². The molecule has 0 saturated carbocycles. The van der Waals surface area contributed by atoms with Gasteiger partial charge in [0.1, 0.15) is 5.70 Å². The molecule has 0 aromatic heterocycles. The molecule has 5 nitrogen and oxygen atoms in total. The zero-order valence-electron chi connectivity index (χ0n) is 13.1. The van der Waals surface area contributed by atoms with Gasteiger partial charge in [-0.15, -0.1) is 11.6 Å². The van der Waals surface area contributed by atoms with Gasteiger partial charge in [0.05, 0.1) is 5.70 Å². The molecule has 0 radical (unpaired) electrons. The van der Waals surface area contributed by atoms with Crippen molar-refractivity contribution in [2.24, 2.45) is 0 Å². The van der Waals surface area contributed by atoms with Crippen LogP contribution < -0.4 is 10.6 Å². The first-order valence-corrected chi connectivity index (χ1v) is 7.97. The SMILES string of the molecule is CCC(Cl)CCNC1=C(NC(C)=O)C(=O)C(=O)c2ccccc21. The summed E-state index contributed by atoms with van der Waals surface area (Å²) in [6.07, 6.45) is 1.55. The lowest BCUT2D eigenvalue weighted by atomic mass is 9.90. The largest absolute Gasteiger partial charge is 0.383 e. The number of hydrogen-bond acceptors (Lipinski definition) is 4. The van der Waals surface area contributed by atoms with E-state index in [1.165, 1.54) is 6.92 Å². The first-order valence-electron chi connectivity index (χ1n) is 7.54. The van der Waals surface area contributed by atoms with Crippen LogP contribution in [0.5, 0.6) is 0 Å². The van der Waals surface area contributed by atoms with Crippen molar-refractivity contribution >= 4 is 34.8 Å². The lowest BCUT2D eigenvalue weighted by Crippen LogP contribution is -2.37. The van der Waals surface area contributed by atoms with Crippen LogP contribution in [-0.4, -0.2) is 29.4 Å². The molecule has 0 saturated heterocycles. The minimum atomic E-state index is -0.709. The van der Waals surface area contributed by atoms with Crippen LogP contribution >= 0.6 is 11.6 Å². The Morgan fingerprint density at radius 2 is 1.78 bits per heavy atom. The summed E-state index contributed by atoms with van der Waals surface area (Å²) < 4.78 is 0. The highest BCUT2D eigenvalue weighted by Gasteiger charge is 2.33. The van der Waals surface area contributed by atoms with Crippen molar-refractivity contribution in [3.63, 3.8) is 0 Å². The Kier molecular flexibility index (Phi) is 5.55. The molecule has 0 aliphatic heterocycles. The summed E-state index contributed by atoms with van der Waals surface area (Å²) in [6.45, 7) is 3.84. The second kappa shape index (κ2) is 7.42. The lowest BCUT2D eigenvalue weighted by Gasteiger charge is -2.23. The maximum Gasteiger partial charge on any atom is 0.251 e. The molecule has 0 heterocycles. The summed E-state index contributed by atoms with van der Waals surface area (Å²) in [6, 6.07) is 6.85. The number of rotatable bonds is 6. The summed E-state index contributed by atoms with van der Waals surface area (Å²) in [5.41, 5.74) is 1.43. The van der Waals surface area contributed by atoms with Crippen molar-refractivity contribution in [3.05, 3.63) is 41.1 Å². The van der Waals surface area contributed by atoms with Crippen LogP contribution in [-0.2, 0) is 9.59 Å². The summed E-state index contributed by atoms with van der Waals surface area (Å²) in [7, 11) is 0. The summed E-state index contributed by atoms with van der Waals surface area (Å²) in [4.78, 5) is 35.9. The predicted molar refractivity (Wildman–Crippen MR) is 89.1 cm³/mol. The lowest BCUT2D eigenvalue weighted by molar-refractivity contribution is -0.120. The average molecular weight is 335 g/mol. The van der Waals surface area contributed by atoms with Crippen LogP contribution in [0, 0.1) is 0 Å². The average Bonchev–Trinajstić information content (AvgIpc) is 2.54. The third-order valence-corrected chi connectivity index (χ3v) is 4.15. The summed E-state index contributed by atoms with van der Waals surface area (Å²) >= 11 is 6.11. The molecule has 0 spiro atoms. The van der Waals surface area contributed by atoms with E-state index in [4.69, 9.17) is 11.6 Å². The van der Waals surface area contributed by atoms with Crippen LogP contribution in [0.2, 0.25) is 0 Å². The normalized spacial score (nSPS) is 15.3. The van der Waals surface area contributed by atoms with Gasteiger partial charge in [-0.1, -0.05) is 31.2 Å². The number of hydrogen-bond donors (Lipinski definition) is 2. The van der Waals surface area contributed by atoms with Crippen LogP contribution in [0.1, 0.15) is 42.6 Å². The Hall–Kier alpha value is -2.14. The molecule has 1 aromatic rings. The van der Waals surface area contributed by atoms with E-state index in [1.54, 1.807) is 24.3 Å². The number of Topliss-reactive ketones (excluding diaryl/α,β-unsaturated/α-hetero) is 2. The quantitative estimate of drug-likeness (QED) is 0.618. The zero-order chi connectivity index (χ0) is 17.0. The van der Waals surface area contributed by atoms with Gasteiger partial charge in [-0.2, -0.15) is 0 Å². The number of allylic oxidation sites excluding steroid dienone is 1. The molecule has 0 fully saturated rings. The zero-order valence-corrected chi connectivity index (χ0v) is 13.9. The topological polar surface area (TPSA) is 75.3 Å². The van der Waals surface area contributed by atoms with Gasteiger partial charge in [0.2, 0.25) is 11.7 Å². The van der Waals surface area contributed by atoms with Crippen LogP contribution in [0.3, 0.4) is 0 Å². The summed E-state index contributed by atoms with van der Waals surface area (Å²) in [5, 5.41) is 5.67. The van der Waals surface area contributed by atoms with Crippen molar-refractivity contribution in [1.29, 1.82) is 0 Å². The van der Waals surface area contributed by atoms with E-state index in [0.717, 1.165) is 6.42 Å². The molecule has 1 aliphatic carbocycles. The van der Waals surface area contributed by atoms with Crippen molar-refractivity contribution in [1.82, 2.24) is 10.6 Å². The van der Waals surface area contributed by atoms with Crippen molar-refractivity contribution < 1.29 is 14.4 Å². The monoisotopic (exact) mass is 334 g/mol. The Balaban J connectivity index is 2.39. The molecule has 0 bridgehead atoms. The van der Waals surface area contributed by atoms with Gasteiger partial charge < -0.3 is 10.6 Å². The fraction of sp³-hybridized carbons (Fsp3) is 0.353. The second-order valence-electron chi connectivity index (χ2n) is 5.36. The first-order chi connectivity index (χ1) is 11.0. The minimum absolute atomic E-state index is 0.00354. The van der Waals surface area contributed by atoms with Crippen molar-refractivity contribution in [2.45, 2.75) is 32.1 Å². The number of fused-ring (bicyclic) bond motifs is 1. The molecule has 2 N–H and O–H groups in total. The van der Waals surface area contributed by atoms with E-state index in [0.29, 0.717) is 29.8 Å². The molecule has 2 rings (SSSR count). The third-order valence-electron chi connectivity index (χ3n) is 3.63. The van der Waals surface area contributed by atoms with Gasteiger partial charge in [-0.25, -0.2) is 0 Å². The molecule has 1 amide bonds. The Morgan fingerprint density at radius 3 is 2.39 bits per heavy atom. The van der Waals surface area contributed by atoms with Gasteiger partial charge in [-0.3, -0.25) is 14.4 Å². The fourth-order valence-electron chi connectivity index (χ4n) is 2.42. The Labute approximate surface area is 140 Å².